The van der Waals surface area contributed by atoms with Crippen molar-refractivity contribution in [2.75, 3.05) is 26.2 Å². The summed E-state index contributed by atoms with van der Waals surface area (Å²) in [7, 11) is 0. The van der Waals surface area contributed by atoms with E-state index in [1.165, 1.54) is 11.8 Å². The summed E-state index contributed by atoms with van der Waals surface area (Å²) in [5.41, 5.74) is 1.06. The molecule has 0 radical (unpaired) electrons. The first-order valence-electron chi connectivity index (χ1n) is 8.92. The van der Waals surface area contributed by atoms with Crippen molar-refractivity contribution >= 4 is 46.2 Å². The van der Waals surface area contributed by atoms with Crippen LogP contribution in [0.3, 0.4) is 0 Å². The number of benzene rings is 1. The van der Waals surface area contributed by atoms with Gasteiger partial charge in [0, 0.05) is 26.1 Å². The summed E-state index contributed by atoms with van der Waals surface area (Å²) in [5, 5.41) is 8.98. The van der Waals surface area contributed by atoms with E-state index in [2.05, 4.69) is 0 Å². The average Bonchev–Trinajstić information content (AvgIpc) is 2.94. The SMILES string of the molecule is CCN(CCO)C(=O)CCCN1C(=O)C(=CC=Cc2ccccc2)SC1=S. The van der Waals surface area contributed by atoms with Crippen molar-refractivity contribution in [2.45, 2.75) is 19.8 Å². The molecule has 27 heavy (non-hydrogen) atoms. The first-order valence-corrected chi connectivity index (χ1v) is 10.1. The topological polar surface area (TPSA) is 60.9 Å². The van der Waals surface area contributed by atoms with Crippen LogP contribution in [0.25, 0.3) is 6.08 Å². The fourth-order valence-corrected chi connectivity index (χ4v) is 3.90. The zero-order chi connectivity index (χ0) is 19.6. The Labute approximate surface area is 169 Å². The van der Waals surface area contributed by atoms with Crippen LogP contribution < -0.4 is 0 Å². The van der Waals surface area contributed by atoms with Crippen molar-refractivity contribution < 1.29 is 14.7 Å². The molecule has 1 aromatic rings. The van der Waals surface area contributed by atoms with Crippen LogP contribution in [0.1, 0.15) is 25.3 Å². The molecule has 1 saturated heterocycles. The summed E-state index contributed by atoms with van der Waals surface area (Å²) < 4.78 is 0.523. The summed E-state index contributed by atoms with van der Waals surface area (Å²) >= 11 is 6.59. The first-order chi connectivity index (χ1) is 13.1. The lowest BCUT2D eigenvalue weighted by atomic mass is 10.2. The number of nitrogens with zero attached hydrogens (tertiary/aromatic N) is 2. The van der Waals surface area contributed by atoms with E-state index >= 15 is 0 Å². The molecule has 2 amide bonds. The maximum Gasteiger partial charge on any atom is 0.266 e. The zero-order valence-electron chi connectivity index (χ0n) is 15.3. The highest BCUT2D eigenvalue weighted by atomic mass is 32.2. The molecule has 1 heterocycles. The minimum atomic E-state index is -0.113. The van der Waals surface area contributed by atoms with Gasteiger partial charge in [0.1, 0.15) is 4.32 Å². The molecule has 0 unspecified atom stereocenters. The number of amides is 2. The Hall–Kier alpha value is -1.96. The van der Waals surface area contributed by atoms with Gasteiger partial charge in [0.2, 0.25) is 5.91 Å². The summed E-state index contributed by atoms with van der Waals surface area (Å²) in [6.07, 6.45) is 6.43. The van der Waals surface area contributed by atoms with Gasteiger partial charge in [0.05, 0.1) is 11.5 Å². The summed E-state index contributed by atoms with van der Waals surface area (Å²) in [6, 6.07) is 9.85. The molecule has 7 heteroatoms. The maximum atomic E-state index is 12.5. The normalized spacial score (nSPS) is 15.9. The van der Waals surface area contributed by atoms with Gasteiger partial charge in [0.15, 0.2) is 0 Å². The number of hydrogen-bond acceptors (Lipinski definition) is 5. The van der Waals surface area contributed by atoms with Crippen molar-refractivity contribution in [3.05, 3.63) is 53.0 Å². The van der Waals surface area contributed by atoms with Crippen molar-refractivity contribution in [1.82, 2.24) is 9.80 Å². The van der Waals surface area contributed by atoms with E-state index in [0.717, 1.165) is 5.56 Å². The Kier molecular flexibility index (Phi) is 8.71. The second kappa shape index (κ2) is 11.0. The molecule has 0 atom stereocenters. The predicted octanol–water partition coefficient (Wildman–Crippen LogP) is 3.07. The van der Waals surface area contributed by atoms with Gasteiger partial charge in [0.25, 0.3) is 5.91 Å². The number of aliphatic hydroxyl groups is 1. The van der Waals surface area contributed by atoms with Gasteiger partial charge in [-0.2, -0.15) is 0 Å². The van der Waals surface area contributed by atoms with Crippen LogP contribution in [0.5, 0.6) is 0 Å². The Morgan fingerprint density at radius 1 is 1.33 bits per heavy atom. The minimum Gasteiger partial charge on any atom is -0.395 e. The molecule has 1 aromatic carbocycles. The molecule has 1 N–H and O–H groups in total. The van der Waals surface area contributed by atoms with Crippen LogP contribution in [0, 0.1) is 0 Å². The van der Waals surface area contributed by atoms with E-state index in [4.69, 9.17) is 17.3 Å². The molecule has 0 saturated carbocycles. The number of hydrogen-bond donors (Lipinski definition) is 1. The van der Waals surface area contributed by atoms with E-state index in [9.17, 15) is 9.59 Å². The number of carbonyl (C=O) groups is 2. The third-order valence-corrected chi connectivity index (χ3v) is 5.48. The fourth-order valence-electron chi connectivity index (χ4n) is 2.64. The maximum absolute atomic E-state index is 12.5. The third-order valence-electron chi connectivity index (χ3n) is 4.09. The van der Waals surface area contributed by atoms with E-state index in [0.29, 0.717) is 41.7 Å². The Morgan fingerprint density at radius 2 is 2.07 bits per heavy atom. The van der Waals surface area contributed by atoms with Gasteiger partial charge in [-0.1, -0.05) is 66.5 Å². The van der Waals surface area contributed by atoms with Crippen molar-refractivity contribution in [2.24, 2.45) is 0 Å². The molecule has 1 fully saturated rings. The van der Waals surface area contributed by atoms with Gasteiger partial charge < -0.3 is 10.0 Å². The van der Waals surface area contributed by atoms with Crippen molar-refractivity contribution in [1.29, 1.82) is 0 Å². The zero-order valence-corrected chi connectivity index (χ0v) is 17.0. The smallest absolute Gasteiger partial charge is 0.266 e. The van der Waals surface area contributed by atoms with Gasteiger partial charge in [-0.15, -0.1) is 0 Å². The lowest BCUT2D eigenvalue weighted by Gasteiger charge is -2.20. The van der Waals surface area contributed by atoms with Crippen LogP contribution in [-0.4, -0.2) is 57.3 Å². The quantitative estimate of drug-likeness (QED) is 0.506. The van der Waals surface area contributed by atoms with Gasteiger partial charge >= 0.3 is 0 Å². The molecule has 0 aliphatic carbocycles. The Balaban J connectivity index is 1.87. The van der Waals surface area contributed by atoms with Crippen LogP contribution in [-0.2, 0) is 9.59 Å². The van der Waals surface area contributed by atoms with Crippen LogP contribution in [0.4, 0.5) is 0 Å². The van der Waals surface area contributed by atoms with Gasteiger partial charge in [-0.25, -0.2) is 0 Å². The molecule has 0 aromatic heterocycles. The highest BCUT2D eigenvalue weighted by molar-refractivity contribution is 8.26. The van der Waals surface area contributed by atoms with E-state index < -0.39 is 0 Å². The predicted molar refractivity (Wildman–Crippen MR) is 114 cm³/mol. The van der Waals surface area contributed by atoms with Gasteiger partial charge in [-0.05, 0) is 25.0 Å². The number of rotatable bonds is 9. The van der Waals surface area contributed by atoms with Crippen molar-refractivity contribution in [3.63, 3.8) is 0 Å². The molecule has 1 aliphatic rings. The number of thiocarbonyl (C=S) groups is 1. The largest absolute Gasteiger partial charge is 0.395 e. The summed E-state index contributed by atoms with van der Waals surface area (Å²) in [5.74, 6) is -0.129. The van der Waals surface area contributed by atoms with Crippen molar-refractivity contribution in [3.8, 4) is 0 Å². The van der Waals surface area contributed by atoms with E-state index in [1.807, 2.05) is 49.4 Å². The van der Waals surface area contributed by atoms with Gasteiger partial charge in [-0.3, -0.25) is 14.5 Å². The number of thioether (sulfide) groups is 1. The standard InChI is InChI=1S/C20H24N2O3S2/c1-2-21(14-15-23)18(24)12-7-13-22-19(25)17(27-20(22)26)11-6-10-16-8-4-3-5-9-16/h3-6,8-11,23H,2,7,12-15H2,1H3. The Morgan fingerprint density at radius 3 is 2.74 bits per heavy atom. The van der Waals surface area contributed by atoms with Crippen LogP contribution in [0.15, 0.2) is 47.4 Å². The van der Waals surface area contributed by atoms with Crippen LogP contribution >= 0.6 is 24.0 Å². The second-order valence-corrected chi connectivity index (χ2v) is 7.60. The number of carbonyl (C=O) groups excluding carboxylic acids is 2. The second-order valence-electron chi connectivity index (χ2n) is 5.93. The Bertz CT molecular complexity index is 732. The number of likely N-dealkylation sites (N-methyl/N-ethyl adjacent to an activating group) is 1. The van der Waals surface area contributed by atoms with E-state index in [1.54, 1.807) is 15.9 Å². The third kappa shape index (κ3) is 6.30. The number of allylic oxidation sites excluding steroid dienone is 2. The molecule has 0 spiro atoms. The molecular formula is C20H24N2O3S2. The molecule has 0 bridgehead atoms. The highest BCUT2D eigenvalue weighted by Crippen LogP contribution is 2.31. The lowest BCUT2D eigenvalue weighted by Crippen LogP contribution is -2.34. The minimum absolute atomic E-state index is 0.0154. The fraction of sp³-hybridized carbons (Fsp3) is 0.350. The highest BCUT2D eigenvalue weighted by Gasteiger charge is 2.31. The number of aliphatic hydroxyl groups excluding tert-OH is 1. The molecule has 5 nitrogen and oxygen atoms in total. The molecule has 1 aliphatic heterocycles. The monoisotopic (exact) mass is 404 g/mol. The first kappa shape index (κ1) is 21.3. The molecule has 2 rings (SSSR count). The molecular weight excluding hydrogens is 380 g/mol. The summed E-state index contributed by atoms with van der Waals surface area (Å²) in [6.45, 7) is 3.16. The average molecular weight is 405 g/mol. The lowest BCUT2D eigenvalue weighted by molar-refractivity contribution is -0.132. The van der Waals surface area contributed by atoms with E-state index in [-0.39, 0.29) is 18.4 Å². The molecule has 144 valence electrons. The van der Waals surface area contributed by atoms with Crippen LogP contribution in [0.2, 0.25) is 0 Å². The summed E-state index contributed by atoms with van der Waals surface area (Å²) in [4.78, 5) is 28.4.